The average molecular weight is 392 g/mol. The number of aromatic nitrogens is 1. The van der Waals surface area contributed by atoms with E-state index < -0.39 is 6.04 Å². The minimum atomic E-state index is -0.605. The zero-order valence-corrected chi connectivity index (χ0v) is 16.3. The van der Waals surface area contributed by atoms with Crippen molar-refractivity contribution >= 4 is 17.7 Å². The molecule has 150 valence electrons. The number of rotatable bonds is 4. The molecule has 6 heteroatoms. The zero-order valence-electron chi connectivity index (χ0n) is 16.3. The number of Topliss-reactive ketones (excluding diaryl/α,β-unsaturated/α-hetero) is 1. The SMILES string of the molecule is O=C1CCCc2ncc(C(=O)N3CCCCC3C(=O)OCc3ccccc3)cc21. The molecule has 1 saturated heterocycles. The summed E-state index contributed by atoms with van der Waals surface area (Å²) >= 11 is 0. The van der Waals surface area contributed by atoms with E-state index >= 15 is 0 Å². The van der Waals surface area contributed by atoms with E-state index in [0.717, 1.165) is 36.9 Å². The molecule has 1 aromatic carbocycles. The molecule has 0 N–H and O–H groups in total. The van der Waals surface area contributed by atoms with Crippen LogP contribution in [0.5, 0.6) is 0 Å². The number of pyridine rings is 1. The van der Waals surface area contributed by atoms with Gasteiger partial charge in [-0.1, -0.05) is 30.3 Å². The lowest BCUT2D eigenvalue weighted by Crippen LogP contribution is -2.48. The van der Waals surface area contributed by atoms with Crippen molar-refractivity contribution in [2.45, 2.75) is 51.2 Å². The second-order valence-electron chi connectivity index (χ2n) is 7.60. The van der Waals surface area contributed by atoms with Crippen LogP contribution in [0.1, 0.15) is 64.1 Å². The third kappa shape index (κ3) is 4.21. The molecular weight excluding hydrogens is 368 g/mol. The Balaban J connectivity index is 1.49. The van der Waals surface area contributed by atoms with Gasteiger partial charge in [-0.15, -0.1) is 0 Å². The molecule has 0 bridgehead atoms. The summed E-state index contributed by atoms with van der Waals surface area (Å²) in [5.74, 6) is -0.616. The lowest BCUT2D eigenvalue weighted by Gasteiger charge is -2.34. The number of amides is 1. The van der Waals surface area contributed by atoms with Gasteiger partial charge in [-0.2, -0.15) is 0 Å². The van der Waals surface area contributed by atoms with Crippen LogP contribution >= 0.6 is 0 Å². The van der Waals surface area contributed by atoms with Gasteiger partial charge >= 0.3 is 5.97 Å². The van der Waals surface area contributed by atoms with Gasteiger partial charge in [-0.25, -0.2) is 4.79 Å². The summed E-state index contributed by atoms with van der Waals surface area (Å²) in [6.45, 7) is 0.683. The van der Waals surface area contributed by atoms with Crippen LogP contribution < -0.4 is 0 Å². The number of piperidine rings is 1. The molecule has 1 aliphatic heterocycles. The Hall–Kier alpha value is -3.02. The number of ether oxygens (including phenoxy) is 1. The van der Waals surface area contributed by atoms with Crippen molar-refractivity contribution < 1.29 is 19.1 Å². The van der Waals surface area contributed by atoms with Gasteiger partial charge in [-0.05, 0) is 43.7 Å². The van der Waals surface area contributed by atoms with E-state index in [0.29, 0.717) is 30.5 Å². The topological polar surface area (TPSA) is 76.6 Å². The highest BCUT2D eigenvalue weighted by Gasteiger charge is 2.34. The first-order valence-corrected chi connectivity index (χ1v) is 10.2. The predicted octanol–water partition coefficient (Wildman–Crippen LogP) is 3.34. The fourth-order valence-corrected chi connectivity index (χ4v) is 4.01. The van der Waals surface area contributed by atoms with Gasteiger partial charge in [0, 0.05) is 24.7 Å². The number of likely N-dealkylation sites (tertiary alicyclic amines) is 1. The summed E-state index contributed by atoms with van der Waals surface area (Å²) in [5, 5.41) is 0. The highest BCUT2D eigenvalue weighted by atomic mass is 16.5. The van der Waals surface area contributed by atoms with Gasteiger partial charge in [0.05, 0.1) is 11.3 Å². The van der Waals surface area contributed by atoms with Crippen molar-refractivity contribution in [2.75, 3.05) is 6.54 Å². The maximum Gasteiger partial charge on any atom is 0.329 e. The summed E-state index contributed by atoms with van der Waals surface area (Å²) in [7, 11) is 0. The third-order valence-electron chi connectivity index (χ3n) is 5.59. The van der Waals surface area contributed by atoms with Crippen molar-refractivity contribution in [2.24, 2.45) is 0 Å². The molecule has 1 aliphatic carbocycles. The van der Waals surface area contributed by atoms with Crippen molar-refractivity contribution in [3.05, 3.63) is 65.0 Å². The van der Waals surface area contributed by atoms with Gasteiger partial charge in [0.1, 0.15) is 12.6 Å². The average Bonchev–Trinajstić information content (AvgIpc) is 2.78. The molecule has 1 aromatic heterocycles. The van der Waals surface area contributed by atoms with E-state index in [1.165, 1.54) is 6.20 Å². The molecule has 0 saturated carbocycles. The predicted molar refractivity (Wildman–Crippen MR) is 106 cm³/mol. The van der Waals surface area contributed by atoms with Crippen LogP contribution in [0.25, 0.3) is 0 Å². The smallest absolute Gasteiger partial charge is 0.329 e. The zero-order chi connectivity index (χ0) is 20.2. The molecule has 1 unspecified atom stereocenters. The number of carbonyl (C=O) groups is 3. The van der Waals surface area contributed by atoms with Crippen LogP contribution in [0.2, 0.25) is 0 Å². The third-order valence-corrected chi connectivity index (χ3v) is 5.59. The van der Waals surface area contributed by atoms with E-state index in [-0.39, 0.29) is 24.3 Å². The molecule has 1 atom stereocenters. The fraction of sp³-hybridized carbons (Fsp3) is 0.391. The van der Waals surface area contributed by atoms with E-state index in [4.69, 9.17) is 4.74 Å². The Kier molecular flexibility index (Phi) is 5.69. The lowest BCUT2D eigenvalue weighted by atomic mass is 9.93. The number of esters is 1. The summed E-state index contributed by atoms with van der Waals surface area (Å²) in [5.41, 5.74) is 2.58. The van der Waals surface area contributed by atoms with E-state index in [9.17, 15) is 14.4 Å². The standard InChI is InChI=1S/C23H24N2O4/c26-21-11-6-9-19-18(21)13-17(14-24-19)22(27)25-12-5-4-10-20(25)23(28)29-15-16-7-2-1-3-8-16/h1-3,7-8,13-14,20H,4-6,9-12,15H2. The summed E-state index contributed by atoms with van der Waals surface area (Å²) in [4.78, 5) is 44.0. The number of fused-ring (bicyclic) bond motifs is 1. The molecule has 1 amide bonds. The first-order chi connectivity index (χ1) is 14.1. The van der Waals surface area contributed by atoms with Crippen molar-refractivity contribution in [1.82, 2.24) is 9.88 Å². The van der Waals surface area contributed by atoms with Gasteiger partial charge in [0.25, 0.3) is 5.91 Å². The Labute approximate surface area is 169 Å². The van der Waals surface area contributed by atoms with E-state index in [1.807, 2.05) is 30.3 Å². The molecule has 2 aliphatic rings. The maximum atomic E-state index is 13.1. The normalized spacial score (nSPS) is 18.8. The van der Waals surface area contributed by atoms with Crippen LogP contribution in [0.15, 0.2) is 42.6 Å². The van der Waals surface area contributed by atoms with Gasteiger partial charge in [0.15, 0.2) is 5.78 Å². The summed E-state index contributed by atoms with van der Waals surface area (Å²) in [6.07, 6.45) is 5.87. The first kappa shape index (κ1) is 19.3. The number of ketones is 1. The second kappa shape index (κ2) is 8.55. The minimum Gasteiger partial charge on any atom is -0.459 e. The fourth-order valence-electron chi connectivity index (χ4n) is 4.01. The Morgan fingerprint density at radius 1 is 1.10 bits per heavy atom. The Morgan fingerprint density at radius 2 is 1.93 bits per heavy atom. The number of hydrogen-bond donors (Lipinski definition) is 0. The van der Waals surface area contributed by atoms with Crippen LogP contribution in [0, 0.1) is 0 Å². The van der Waals surface area contributed by atoms with Gasteiger partial charge < -0.3 is 9.64 Å². The van der Waals surface area contributed by atoms with Crippen LogP contribution in [0.4, 0.5) is 0 Å². The largest absolute Gasteiger partial charge is 0.459 e. The monoisotopic (exact) mass is 392 g/mol. The molecule has 0 spiro atoms. The van der Waals surface area contributed by atoms with Crippen LogP contribution in [-0.4, -0.2) is 40.1 Å². The number of nitrogens with zero attached hydrogens (tertiary/aromatic N) is 2. The van der Waals surface area contributed by atoms with E-state index in [2.05, 4.69) is 4.98 Å². The van der Waals surface area contributed by atoms with Crippen molar-refractivity contribution in [3.8, 4) is 0 Å². The summed E-state index contributed by atoms with van der Waals surface area (Å²) in [6, 6.07) is 10.5. The Bertz CT molecular complexity index is 926. The number of hydrogen-bond acceptors (Lipinski definition) is 5. The maximum absolute atomic E-state index is 13.1. The molecule has 2 heterocycles. The molecule has 6 nitrogen and oxygen atoms in total. The van der Waals surface area contributed by atoms with E-state index in [1.54, 1.807) is 11.0 Å². The number of aryl methyl sites for hydroxylation is 1. The highest BCUT2D eigenvalue weighted by Crippen LogP contribution is 2.24. The first-order valence-electron chi connectivity index (χ1n) is 10.2. The van der Waals surface area contributed by atoms with Gasteiger partial charge in [0.2, 0.25) is 0 Å². The van der Waals surface area contributed by atoms with Gasteiger partial charge in [-0.3, -0.25) is 14.6 Å². The highest BCUT2D eigenvalue weighted by molar-refractivity contribution is 6.02. The van der Waals surface area contributed by atoms with Crippen LogP contribution in [-0.2, 0) is 22.6 Å². The minimum absolute atomic E-state index is 0.0332. The summed E-state index contributed by atoms with van der Waals surface area (Å²) < 4.78 is 5.49. The number of carbonyl (C=O) groups excluding carboxylic acids is 3. The Morgan fingerprint density at radius 3 is 2.76 bits per heavy atom. The quantitative estimate of drug-likeness (QED) is 0.746. The number of benzene rings is 1. The van der Waals surface area contributed by atoms with Crippen LogP contribution in [0.3, 0.4) is 0 Å². The molecule has 0 radical (unpaired) electrons. The molecule has 2 aromatic rings. The van der Waals surface area contributed by atoms with Crippen molar-refractivity contribution in [1.29, 1.82) is 0 Å². The molecule has 1 fully saturated rings. The van der Waals surface area contributed by atoms with Crippen molar-refractivity contribution in [3.63, 3.8) is 0 Å². The molecular formula is C23H24N2O4. The lowest BCUT2D eigenvalue weighted by molar-refractivity contribution is -0.151. The molecule has 4 rings (SSSR count). The second-order valence-corrected chi connectivity index (χ2v) is 7.60. The molecule has 29 heavy (non-hydrogen) atoms.